The Labute approximate surface area is 141 Å². The highest BCUT2D eigenvalue weighted by molar-refractivity contribution is 9.10. The van der Waals surface area contributed by atoms with Crippen molar-refractivity contribution in [1.82, 2.24) is 14.7 Å². The number of hydrogen-bond donors (Lipinski definition) is 0. The molecule has 120 valence electrons. The summed E-state index contributed by atoms with van der Waals surface area (Å²) in [6.07, 6.45) is 3.00. The maximum absolute atomic E-state index is 12.2. The average molecular weight is 378 g/mol. The fraction of sp³-hybridized carbons (Fsp3) is 0.438. The normalized spacial score (nSPS) is 17.2. The summed E-state index contributed by atoms with van der Waals surface area (Å²) in [5.74, 6) is 0.492. The number of carbonyl (C=O) groups excluding carboxylic acids is 1. The van der Waals surface area contributed by atoms with Gasteiger partial charge < -0.3 is 9.32 Å². The molecule has 0 unspecified atom stereocenters. The Hall–Kier alpha value is -1.89. The van der Waals surface area contributed by atoms with Gasteiger partial charge in [0.1, 0.15) is 0 Å². The predicted octanol–water partition coefficient (Wildman–Crippen LogP) is 1.86. The summed E-state index contributed by atoms with van der Waals surface area (Å²) < 4.78 is 7.39. The van der Waals surface area contributed by atoms with Gasteiger partial charge in [0.25, 0.3) is 11.5 Å². The van der Waals surface area contributed by atoms with Crippen molar-refractivity contribution in [3.8, 4) is 0 Å². The molecule has 0 bridgehead atoms. The van der Waals surface area contributed by atoms with E-state index in [1.807, 2.05) is 0 Å². The van der Waals surface area contributed by atoms with Gasteiger partial charge in [-0.1, -0.05) is 0 Å². The number of aromatic nitrogens is 2. The van der Waals surface area contributed by atoms with E-state index in [-0.39, 0.29) is 17.4 Å². The lowest BCUT2D eigenvalue weighted by molar-refractivity contribution is 0.0425. The number of fused-ring (bicyclic) bond motifs is 1. The van der Waals surface area contributed by atoms with E-state index in [1.54, 1.807) is 27.8 Å². The van der Waals surface area contributed by atoms with Gasteiger partial charge in [0.2, 0.25) is 0 Å². The van der Waals surface area contributed by atoms with Gasteiger partial charge in [0.05, 0.1) is 12.2 Å². The van der Waals surface area contributed by atoms with Crippen LogP contribution in [0, 0.1) is 5.92 Å². The van der Waals surface area contributed by atoms with E-state index in [4.69, 9.17) is 4.42 Å². The van der Waals surface area contributed by atoms with Crippen LogP contribution < -0.4 is 5.56 Å². The van der Waals surface area contributed by atoms with Gasteiger partial charge in [0, 0.05) is 25.1 Å². The van der Waals surface area contributed by atoms with Crippen LogP contribution in [-0.2, 0) is 19.4 Å². The summed E-state index contributed by atoms with van der Waals surface area (Å²) >= 11 is 3.19. The summed E-state index contributed by atoms with van der Waals surface area (Å²) in [7, 11) is 0. The Morgan fingerprint density at radius 3 is 2.91 bits per heavy atom. The van der Waals surface area contributed by atoms with Crippen molar-refractivity contribution in [3.05, 3.63) is 50.2 Å². The molecule has 23 heavy (non-hydrogen) atoms. The molecular weight excluding hydrogens is 362 g/mol. The standard InChI is InChI=1S/C16H16BrN3O3/c17-14-5-4-13(23-14)16(22)19-7-10(8-19)9-20-15(21)6-11-2-1-3-12(11)18-20/h4-6,10H,1-3,7-9H2. The minimum absolute atomic E-state index is 0.0367. The third-order valence-corrected chi connectivity index (χ3v) is 4.91. The Bertz CT molecular complexity index is 820. The molecule has 2 aliphatic rings. The third kappa shape index (κ3) is 2.73. The average Bonchev–Trinajstić information content (AvgIpc) is 3.10. The molecule has 0 radical (unpaired) electrons. The van der Waals surface area contributed by atoms with Crippen LogP contribution in [0.2, 0.25) is 0 Å². The number of halogens is 1. The summed E-state index contributed by atoms with van der Waals surface area (Å²) in [6, 6.07) is 5.09. The Morgan fingerprint density at radius 1 is 1.35 bits per heavy atom. The molecular formula is C16H16BrN3O3. The molecule has 7 heteroatoms. The van der Waals surface area contributed by atoms with Crippen molar-refractivity contribution >= 4 is 21.8 Å². The van der Waals surface area contributed by atoms with Gasteiger partial charge in [0.15, 0.2) is 10.4 Å². The lowest BCUT2D eigenvalue weighted by Crippen LogP contribution is -2.52. The van der Waals surface area contributed by atoms with E-state index in [1.165, 1.54) is 0 Å². The molecule has 1 aliphatic heterocycles. The quantitative estimate of drug-likeness (QED) is 0.818. The van der Waals surface area contributed by atoms with Crippen molar-refractivity contribution in [1.29, 1.82) is 0 Å². The number of hydrogen-bond acceptors (Lipinski definition) is 4. The van der Waals surface area contributed by atoms with Crippen LogP contribution in [0.1, 0.15) is 28.2 Å². The van der Waals surface area contributed by atoms with Crippen LogP contribution in [-0.4, -0.2) is 33.7 Å². The van der Waals surface area contributed by atoms with Crippen molar-refractivity contribution in [2.45, 2.75) is 25.8 Å². The van der Waals surface area contributed by atoms with E-state index in [9.17, 15) is 9.59 Å². The fourth-order valence-electron chi connectivity index (χ4n) is 3.25. The van der Waals surface area contributed by atoms with Crippen molar-refractivity contribution in [3.63, 3.8) is 0 Å². The zero-order valence-electron chi connectivity index (χ0n) is 12.5. The smallest absolute Gasteiger partial charge is 0.289 e. The summed E-state index contributed by atoms with van der Waals surface area (Å²) in [5, 5.41) is 4.48. The lowest BCUT2D eigenvalue weighted by Gasteiger charge is -2.38. The first-order valence-electron chi connectivity index (χ1n) is 7.74. The van der Waals surface area contributed by atoms with Crippen molar-refractivity contribution in [2.24, 2.45) is 5.92 Å². The summed E-state index contributed by atoms with van der Waals surface area (Å²) in [4.78, 5) is 26.0. The number of furan rings is 1. The molecule has 0 atom stereocenters. The van der Waals surface area contributed by atoms with Crippen LogP contribution in [0.15, 0.2) is 32.1 Å². The molecule has 0 spiro atoms. The number of rotatable bonds is 3. The topological polar surface area (TPSA) is 68.3 Å². The number of likely N-dealkylation sites (tertiary alicyclic amines) is 1. The van der Waals surface area contributed by atoms with Gasteiger partial charge in [-0.25, -0.2) is 4.68 Å². The van der Waals surface area contributed by atoms with Crippen molar-refractivity contribution < 1.29 is 9.21 Å². The van der Waals surface area contributed by atoms with Crippen LogP contribution in [0.4, 0.5) is 0 Å². The zero-order chi connectivity index (χ0) is 16.0. The number of amides is 1. The van der Waals surface area contributed by atoms with Crippen LogP contribution in [0.25, 0.3) is 0 Å². The van der Waals surface area contributed by atoms with Gasteiger partial charge in [-0.3, -0.25) is 9.59 Å². The Kier molecular flexibility index (Phi) is 3.60. The maximum Gasteiger partial charge on any atom is 0.289 e. The highest BCUT2D eigenvalue weighted by Crippen LogP contribution is 2.23. The highest BCUT2D eigenvalue weighted by atomic mass is 79.9. The van der Waals surface area contributed by atoms with E-state index in [0.717, 1.165) is 30.5 Å². The molecule has 2 aromatic rings. The first-order valence-corrected chi connectivity index (χ1v) is 8.54. The van der Waals surface area contributed by atoms with E-state index in [0.29, 0.717) is 30.1 Å². The molecule has 4 rings (SSSR count). The number of aryl methyl sites for hydroxylation is 2. The van der Waals surface area contributed by atoms with E-state index < -0.39 is 0 Å². The maximum atomic E-state index is 12.2. The Balaban J connectivity index is 1.40. The number of carbonyl (C=O) groups is 1. The minimum Gasteiger partial charge on any atom is -0.444 e. The van der Waals surface area contributed by atoms with Gasteiger partial charge in [-0.2, -0.15) is 5.10 Å². The fourth-order valence-corrected chi connectivity index (χ4v) is 3.56. The third-order valence-electron chi connectivity index (χ3n) is 4.48. The van der Waals surface area contributed by atoms with Crippen molar-refractivity contribution in [2.75, 3.05) is 13.1 Å². The first kappa shape index (κ1) is 14.7. The highest BCUT2D eigenvalue weighted by Gasteiger charge is 2.33. The molecule has 0 aromatic carbocycles. The Morgan fingerprint density at radius 2 is 2.17 bits per heavy atom. The molecule has 3 heterocycles. The molecule has 1 aliphatic carbocycles. The second kappa shape index (κ2) is 5.63. The molecule has 1 amide bonds. The van der Waals surface area contributed by atoms with Gasteiger partial charge >= 0.3 is 0 Å². The second-order valence-electron chi connectivity index (χ2n) is 6.17. The van der Waals surface area contributed by atoms with Crippen LogP contribution in [0.3, 0.4) is 0 Å². The van der Waals surface area contributed by atoms with E-state index >= 15 is 0 Å². The van der Waals surface area contributed by atoms with Gasteiger partial charge in [-0.05, 0) is 52.9 Å². The van der Waals surface area contributed by atoms with Crippen LogP contribution in [0.5, 0.6) is 0 Å². The second-order valence-corrected chi connectivity index (χ2v) is 6.95. The minimum atomic E-state index is -0.110. The van der Waals surface area contributed by atoms with Gasteiger partial charge in [-0.15, -0.1) is 0 Å². The van der Waals surface area contributed by atoms with E-state index in [2.05, 4.69) is 21.0 Å². The molecule has 6 nitrogen and oxygen atoms in total. The number of nitrogens with zero attached hydrogens (tertiary/aromatic N) is 3. The SMILES string of the molecule is O=C(c1ccc(Br)o1)N1CC(Cn2nc3c(cc2=O)CCC3)C1. The summed E-state index contributed by atoms with van der Waals surface area (Å²) in [5.41, 5.74) is 2.11. The predicted molar refractivity (Wildman–Crippen MR) is 86.3 cm³/mol. The summed E-state index contributed by atoms with van der Waals surface area (Å²) in [6.45, 7) is 1.82. The first-order chi connectivity index (χ1) is 11.1. The lowest BCUT2D eigenvalue weighted by atomic mass is 10.00. The molecule has 0 saturated carbocycles. The molecule has 1 fully saturated rings. The molecule has 0 N–H and O–H groups in total. The van der Waals surface area contributed by atoms with Crippen LogP contribution >= 0.6 is 15.9 Å². The zero-order valence-corrected chi connectivity index (χ0v) is 14.1. The monoisotopic (exact) mass is 377 g/mol. The molecule has 2 aromatic heterocycles. The largest absolute Gasteiger partial charge is 0.444 e. The molecule has 1 saturated heterocycles.